The average molecular weight is 285 g/mol. The van der Waals surface area contributed by atoms with Gasteiger partial charge in [-0.1, -0.05) is 15.9 Å². The summed E-state index contributed by atoms with van der Waals surface area (Å²) in [7, 11) is 1.54. The van der Waals surface area contributed by atoms with Gasteiger partial charge >= 0.3 is 0 Å². The number of alkyl halides is 1. The van der Waals surface area contributed by atoms with Gasteiger partial charge in [0.25, 0.3) is 0 Å². The Morgan fingerprint density at radius 3 is 2.75 bits per heavy atom. The van der Waals surface area contributed by atoms with Gasteiger partial charge in [0.15, 0.2) is 11.5 Å². The monoisotopic (exact) mass is 284 g/mol. The van der Waals surface area contributed by atoms with Crippen LogP contribution in [0.15, 0.2) is 12.1 Å². The molecule has 0 unspecified atom stereocenters. The molecule has 0 radical (unpaired) electrons. The lowest BCUT2D eigenvalue weighted by Crippen LogP contribution is -2.01. The van der Waals surface area contributed by atoms with Crippen LogP contribution in [0.3, 0.4) is 0 Å². The zero-order valence-electron chi connectivity index (χ0n) is 9.00. The quantitative estimate of drug-likeness (QED) is 0.512. The summed E-state index contributed by atoms with van der Waals surface area (Å²) >= 11 is 3.31. The molecular formula is C11H13BrN2O2. The molecule has 0 spiro atoms. The van der Waals surface area contributed by atoms with Gasteiger partial charge in [-0.3, -0.25) is 0 Å². The van der Waals surface area contributed by atoms with Gasteiger partial charge in [-0.2, -0.15) is 5.26 Å². The largest absolute Gasteiger partial charge is 0.493 e. The summed E-state index contributed by atoms with van der Waals surface area (Å²) in [4.78, 5) is 0. The molecule has 1 rings (SSSR count). The highest BCUT2D eigenvalue weighted by atomic mass is 79.9. The number of nitrogens with zero attached hydrogens (tertiary/aromatic N) is 1. The maximum atomic E-state index is 8.84. The van der Waals surface area contributed by atoms with Crippen LogP contribution in [0, 0.1) is 11.3 Å². The third-order valence-corrected chi connectivity index (χ3v) is 2.55. The number of hydrogen-bond acceptors (Lipinski definition) is 4. The second-order valence-corrected chi connectivity index (χ2v) is 3.89. The Morgan fingerprint density at radius 1 is 1.44 bits per heavy atom. The molecule has 5 heteroatoms. The van der Waals surface area contributed by atoms with Crippen LogP contribution in [0.4, 0.5) is 5.69 Å². The van der Waals surface area contributed by atoms with E-state index in [1.54, 1.807) is 12.1 Å². The van der Waals surface area contributed by atoms with Gasteiger partial charge in [-0.25, -0.2) is 0 Å². The van der Waals surface area contributed by atoms with Crippen molar-refractivity contribution >= 4 is 21.6 Å². The van der Waals surface area contributed by atoms with E-state index < -0.39 is 0 Å². The number of methoxy groups -OCH3 is 1. The molecule has 0 aliphatic heterocycles. The van der Waals surface area contributed by atoms with Crippen molar-refractivity contribution < 1.29 is 9.47 Å². The fourth-order valence-electron chi connectivity index (χ4n) is 1.18. The predicted octanol–water partition coefficient (Wildman–Crippen LogP) is 2.31. The first-order valence-corrected chi connectivity index (χ1v) is 5.91. The molecule has 0 aromatic heterocycles. The summed E-state index contributed by atoms with van der Waals surface area (Å²) in [6.45, 7) is 0.566. The second kappa shape index (κ2) is 6.23. The number of nitrogen functional groups attached to an aromatic ring is 1. The summed E-state index contributed by atoms with van der Waals surface area (Å²) in [6.07, 6.45) is 0.884. The van der Waals surface area contributed by atoms with Crippen molar-refractivity contribution in [1.82, 2.24) is 0 Å². The Bertz CT molecular complexity index is 402. The van der Waals surface area contributed by atoms with Crippen LogP contribution in [0.25, 0.3) is 0 Å². The van der Waals surface area contributed by atoms with Crippen molar-refractivity contribution in [2.24, 2.45) is 0 Å². The van der Waals surface area contributed by atoms with Crippen molar-refractivity contribution in [3.05, 3.63) is 17.7 Å². The number of benzene rings is 1. The van der Waals surface area contributed by atoms with Crippen molar-refractivity contribution in [3.63, 3.8) is 0 Å². The van der Waals surface area contributed by atoms with E-state index in [0.29, 0.717) is 29.4 Å². The lowest BCUT2D eigenvalue weighted by molar-refractivity contribution is 0.295. The molecule has 86 valence electrons. The molecular weight excluding hydrogens is 272 g/mol. The summed E-state index contributed by atoms with van der Waals surface area (Å²) in [6, 6.07) is 5.21. The van der Waals surface area contributed by atoms with E-state index in [1.807, 2.05) is 6.07 Å². The zero-order chi connectivity index (χ0) is 12.0. The van der Waals surface area contributed by atoms with Gasteiger partial charge in [0, 0.05) is 17.5 Å². The normalized spacial score (nSPS) is 9.56. The Labute approximate surface area is 103 Å². The van der Waals surface area contributed by atoms with E-state index in [1.165, 1.54) is 7.11 Å². The number of halogens is 1. The maximum Gasteiger partial charge on any atom is 0.162 e. The van der Waals surface area contributed by atoms with E-state index in [4.69, 9.17) is 20.5 Å². The van der Waals surface area contributed by atoms with E-state index in [-0.39, 0.29) is 0 Å². The standard InChI is InChI=1S/C11H13BrN2O2/c1-15-10-6-9(14)8(7-13)5-11(10)16-4-2-3-12/h5-6H,2-4,14H2,1H3. The first kappa shape index (κ1) is 12.7. The molecule has 0 atom stereocenters. The lowest BCUT2D eigenvalue weighted by Gasteiger charge is -2.11. The summed E-state index contributed by atoms with van der Waals surface area (Å²) in [5.74, 6) is 1.10. The highest BCUT2D eigenvalue weighted by Crippen LogP contribution is 2.31. The maximum absolute atomic E-state index is 8.84. The topological polar surface area (TPSA) is 68.3 Å². The number of nitriles is 1. The number of ether oxygens (including phenoxy) is 2. The van der Waals surface area contributed by atoms with E-state index in [9.17, 15) is 0 Å². The molecule has 16 heavy (non-hydrogen) atoms. The third kappa shape index (κ3) is 3.04. The first-order valence-electron chi connectivity index (χ1n) is 4.79. The van der Waals surface area contributed by atoms with E-state index >= 15 is 0 Å². The lowest BCUT2D eigenvalue weighted by atomic mass is 10.2. The third-order valence-electron chi connectivity index (χ3n) is 1.99. The number of rotatable bonds is 5. The molecule has 0 aliphatic carbocycles. The van der Waals surface area contributed by atoms with Gasteiger partial charge in [-0.05, 0) is 6.42 Å². The zero-order valence-corrected chi connectivity index (χ0v) is 10.6. The Kier molecular flexibility index (Phi) is 4.93. The van der Waals surface area contributed by atoms with E-state index in [0.717, 1.165) is 11.8 Å². The van der Waals surface area contributed by atoms with Gasteiger partial charge < -0.3 is 15.2 Å². The minimum Gasteiger partial charge on any atom is -0.493 e. The minimum absolute atomic E-state index is 0.396. The van der Waals surface area contributed by atoms with Crippen LogP contribution in [0.2, 0.25) is 0 Å². The molecule has 4 nitrogen and oxygen atoms in total. The first-order chi connectivity index (χ1) is 7.72. The fraction of sp³-hybridized carbons (Fsp3) is 0.364. The molecule has 1 aromatic carbocycles. The van der Waals surface area contributed by atoms with Gasteiger partial charge in [0.05, 0.1) is 25.0 Å². The Balaban J connectivity index is 2.92. The summed E-state index contributed by atoms with van der Waals surface area (Å²) < 4.78 is 10.6. The number of anilines is 1. The number of hydrogen-bond donors (Lipinski definition) is 1. The summed E-state index contributed by atoms with van der Waals surface area (Å²) in [5.41, 5.74) is 6.46. The molecule has 0 amide bonds. The Hall–Kier alpha value is -1.41. The van der Waals surface area contributed by atoms with Crippen LogP contribution in [0.5, 0.6) is 11.5 Å². The van der Waals surface area contributed by atoms with Crippen LogP contribution >= 0.6 is 15.9 Å². The molecule has 0 heterocycles. The van der Waals surface area contributed by atoms with Crippen molar-refractivity contribution in [3.8, 4) is 17.6 Å². The predicted molar refractivity (Wildman–Crippen MR) is 66.0 cm³/mol. The molecule has 0 bridgehead atoms. The van der Waals surface area contributed by atoms with Crippen molar-refractivity contribution in [2.45, 2.75) is 6.42 Å². The van der Waals surface area contributed by atoms with Gasteiger partial charge in [-0.15, -0.1) is 0 Å². The van der Waals surface area contributed by atoms with Crippen LogP contribution < -0.4 is 15.2 Å². The highest BCUT2D eigenvalue weighted by Gasteiger charge is 2.09. The smallest absolute Gasteiger partial charge is 0.162 e. The van der Waals surface area contributed by atoms with Gasteiger partial charge in [0.2, 0.25) is 0 Å². The average Bonchev–Trinajstić information content (AvgIpc) is 2.30. The molecule has 0 saturated carbocycles. The molecule has 1 aromatic rings. The van der Waals surface area contributed by atoms with Crippen LogP contribution in [-0.2, 0) is 0 Å². The molecule has 0 saturated heterocycles. The van der Waals surface area contributed by atoms with E-state index in [2.05, 4.69) is 15.9 Å². The SMILES string of the molecule is COc1cc(N)c(C#N)cc1OCCCBr. The molecule has 2 N–H and O–H groups in total. The second-order valence-electron chi connectivity index (χ2n) is 3.09. The van der Waals surface area contributed by atoms with Crippen LogP contribution in [-0.4, -0.2) is 19.0 Å². The molecule has 0 fully saturated rings. The minimum atomic E-state index is 0.396. The van der Waals surface area contributed by atoms with Crippen LogP contribution in [0.1, 0.15) is 12.0 Å². The summed E-state index contributed by atoms with van der Waals surface area (Å²) in [5, 5.41) is 9.71. The number of nitrogens with two attached hydrogens (primary N) is 1. The van der Waals surface area contributed by atoms with Crippen molar-refractivity contribution in [2.75, 3.05) is 24.8 Å². The van der Waals surface area contributed by atoms with Crippen molar-refractivity contribution in [1.29, 1.82) is 5.26 Å². The molecule has 0 aliphatic rings. The highest BCUT2D eigenvalue weighted by molar-refractivity contribution is 9.09. The van der Waals surface area contributed by atoms with Gasteiger partial charge in [0.1, 0.15) is 6.07 Å². The Morgan fingerprint density at radius 2 is 2.19 bits per heavy atom. The fourth-order valence-corrected chi connectivity index (χ4v) is 1.41.